The lowest BCUT2D eigenvalue weighted by Gasteiger charge is -2.07. The fourth-order valence-electron chi connectivity index (χ4n) is 1.72. The maximum atomic E-state index is 5.82. The molecule has 0 aliphatic carbocycles. The minimum absolute atomic E-state index is 0.0768. The zero-order valence-corrected chi connectivity index (χ0v) is 10.6. The van der Waals surface area contributed by atoms with Crippen LogP contribution in [0.3, 0.4) is 0 Å². The topological polar surface area (TPSA) is 43.8 Å². The highest BCUT2D eigenvalue weighted by Gasteiger charge is 2.05. The van der Waals surface area contributed by atoms with Gasteiger partial charge in [0.2, 0.25) is 0 Å². The molecule has 3 nitrogen and oxygen atoms in total. The molecule has 2 N–H and O–H groups in total. The molecule has 2 aromatic rings. The third-order valence-electron chi connectivity index (χ3n) is 2.88. The molecule has 0 aliphatic rings. The Hall–Kier alpha value is -1.61. The number of aromatic nitrogens is 2. The van der Waals surface area contributed by atoms with Gasteiger partial charge in [0.25, 0.3) is 0 Å². The van der Waals surface area contributed by atoms with E-state index in [9.17, 15) is 0 Å². The van der Waals surface area contributed by atoms with Crippen molar-refractivity contribution in [3.8, 4) is 5.69 Å². The molecule has 1 atom stereocenters. The van der Waals surface area contributed by atoms with Crippen molar-refractivity contribution in [3.05, 3.63) is 47.8 Å². The monoisotopic (exact) mass is 229 g/mol. The second kappa shape index (κ2) is 4.72. The first-order valence-corrected chi connectivity index (χ1v) is 5.99. The molecule has 17 heavy (non-hydrogen) atoms. The maximum Gasteiger partial charge on any atom is 0.0654 e. The van der Waals surface area contributed by atoms with E-state index in [1.807, 2.05) is 17.8 Å². The number of nitrogens with zero attached hydrogens (tertiary/aromatic N) is 2. The lowest BCUT2D eigenvalue weighted by Crippen LogP contribution is -2.05. The van der Waals surface area contributed by atoms with Crippen LogP contribution >= 0.6 is 0 Å². The van der Waals surface area contributed by atoms with Crippen molar-refractivity contribution in [3.63, 3.8) is 0 Å². The summed E-state index contributed by atoms with van der Waals surface area (Å²) >= 11 is 0. The number of rotatable bonds is 3. The van der Waals surface area contributed by atoms with Crippen LogP contribution in [-0.4, -0.2) is 9.78 Å². The SMILES string of the molecule is CC(C)c1ccn(-c2ccc([C@H](C)N)cc2)n1. The molecule has 0 saturated heterocycles. The molecule has 1 aromatic carbocycles. The number of nitrogens with two attached hydrogens (primary N) is 1. The standard InChI is InChI=1S/C14H19N3/c1-10(2)14-8-9-17(16-14)13-6-4-12(5-7-13)11(3)15/h4-11H,15H2,1-3H3/t11-/m0/s1. The van der Waals surface area contributed by atoms with E-state index in [1.54, 1.807) is 0 Å². The predicted molar refractivity (Wildman–Crippen MR) is 70.3 cm³/mol. The van der Waals surface area contributed by atoms with E-state index in [0.717, 1.165) is 16.9 Å². The third kappa shape index (κ3) is 2.56. The van der Waals surface area contributed by atoms with E-state index in [0.29, 0.717) is 5.92 Å². The van der Waals surface area contributed by atoms with E-state index >= 15 is 0 Å². The minimum atomic E-state index is 0.0768. The summed E-state index contributed by atoms with van der Waals surface area (Å²) < 4.78 is 1.90. The Bertz CT molecular complexity index is 480. The summed E-state index contributed by atoms with van der Waals surface area (Å²) in [6.07, 6.45) is 2.00. The van der Waals surface area contributed by atoms with E-state index in [4.69, 9.17) is 5.73 Å². The fourth-order valence-corrected chi connectivity index (χ4v) is 1.72. The van der Waals surface area contributed by atoms with Gasteiger partial charge in [0.1, 0.15) is 0 Å². The number of benzene rings is 1. The normalized spacial score (nSPS) is 13.0. The molecule has 0 fully saturated rings. The van der Waals surface area contributed by atoms with Crippen LogP contribution < -0.4 is 5.73 Å². The Morgan fingerprint density at radius 3 is 2.18 bits per heavy atom. The van der Waals surface area contributed by atoms with Gasteiger partial charge in [0, 0.05) is 12.2 Å². The molecule has 90 valence electrons. The maximum absolute atomic E-state index is 5.82. The zero-order valence-electron chi connectivity index (χ0n) is 10.6. The molecule has 0 amide bonds. The second-order valence-corrected chi connectivity index (χ2v) is 4.72. The Kier molecular flexibility index (Phi) is 3.29. The van der Waals surface area contributed by atoms with Crippen LogP contribution in [0.2, 0.25) is 0 Å². The number of hydrogen-bond acceptors (Lipinski definition) is 2. The summed E-state index contributed by atoms with van der Waals surface area (Å²) in [5, 5.41) is 4.54. The third-order valence-corrected chi connectivity index (χ3v) is 2.88. The van der Waals surface area contributed by atoms with Crippen LogP contribution in [0, 0.1) is 0 Å². The summed E-state index contributed by atoms with van der Waals surface area (Å²) in [6, 6.07) is 10.3. The predicted octanol–water partition coefficient (Wildman–Crippen LogP) is 3.02. The van der Waals surface area contributed by atoms with Gasteiger partial charge in [-0.25, -0.2) is 4.68 Å². The van der Waals surface area contributed by atoms with Crippen LogP contribution in [0.5, 0.6) is 0 Å². The zero-order chi connectivity index (χ0) is 12.4. The van der Waals surface area contributed by atoms with Crippen LogP contribution in [0.15, 0.2) is 36.5 Å². The van der Waals surface area contributed by atoms with Crippen molar-refractivity contribution >= 4 is 0 Å². The number of hydrogen-bond donors (Lipinski definition) is 1. The van der Waals surface area contributed by atoms with E-state index in [-0.39, 0.29) is 6.04 Å². The van der Waals surface area contributed by atoms with Crippen LogP contribution in [0.25, 0.3) is 5.69 Å². The molecule has 0 spiro atoms. The Labute approximate surface area is 102 Å². The molecule has 1 aromatic heterocycles. The van der Waals surface area contributed by atoms with Crippen LogP contribution in [0.1, 0.15) is 44.0 Å². The van der Waals surface area contributed by atoms with Gasteiger partial charge in [0.15, 0.2) is 0 Å². The summed E-state index contributed by atoms with van der Waals surface area (Å²) in [5.41, 5.74) is 9.15. The molecule has 0 bridgehead atoms. The van der Waals surface area contributed by atoms with Crippen molar-refractivity contribution in [2.24, 2.45) is 5.73 Å². The Balaban J connectivity index is 2.27. The van der Waals surface area contributed by atoms with Crippen molar-refractivity contribution < 1.29 is 0 Å². The van der Waals surface area contributed by atoms with Crippen molar-refractivity contribution in [1.82, 2.24) is 9.78 Å². The largest absolute Gasteiger partial charge is 0.324 e. The van der Waals surface area contributed by atoms with Crippen molar-refractivity contribution in [2.75, 3.05) is 0 Å². The van der Waals surface area contributed by atoms with Gasteiger partial charge < -0.3 is 5.73 Å². The Morgan fingerprint density at radius 1 is 1.06 bits per heavy atom. The van der Waals surface area contributed by atoms with Gasteiger partial charge in [-0.1, -0.05) is 26.0 Å². The average molecular weight is 229 g/mol. The molecule has 0 aliphatic heterocycles. The molecule has 2 rings (SSSR count). The van der Waals surface area contributed by atoms with Crippen LogP contribution in [0.4, 0.5) is 0 Å². The minimum Gasteiger partial charge on any atom is -0.324 e. The molecular weight excluding hydrogens is 210 g/mol. The van der Waals surface area contributed by atoms with Crippen LogP contribution in [-0.2, 0) is 0 Å². The van der Waals surface area contributed by atoms with Crippen molar-refractivity contribution in [2.45, 2.75) is 32.7 Å². The first-order chi connectivity index (χ1) is 8.08. The lowest BCUT2D eigenvalue weighted by molar-refractivity contribution is 0.766. The van der Waals surface area contributed by atoms with Gasteiger partial charge in [-0.05, 0) is 36.6 Å². The summed E-state index contributed by atoms with van der Waals surface area (Å²) in [4.78, 5) is 0. The second-order valence-electron chi connectivity index (χ2n) is 4.72. The highest BCUT2D eigenvalue weighted by molar-refractivity contribution is 5.35. The molecule has 1 heterocycles. The van der Waals surface area contributed by atoms with E-state index in [2.05, 4.69) is 49.3 Å². The van der Waals surface area contributed by atoms with Crippen molar-refractivity contribution in [1.29, 1.82) is 0 Å². The fraction of sp³-hybridized carbons (Fsp3) is 0.357. The highest BCUT2D eigenvalue weighted by Crippen LogP contribution is 2.16. The average Bonchev–Trinajstić information content (AvgIpc) is 2.78. The van der Waals surface area contributed by atoms with Gasteiger partial charge >= 0.3 is 0 Å². The van der Waals surface area contributed by atoms with Gasteiger partial charge in [-0.3, -0.25) is 0 Å². The van der Waals surface area contributed by atoms with Gasteiger partial charge in [0.05, 0.1) is 11.4 Å². The quantitative estimate of drug-likeness (QED) is 0.879. The Morgan fingerprint density at radius 2 is 1.71 bits per heavy atom. The summed E-state index contributed by atoms with van der Waals surface area (Å²) in [5.74, 6) is 0.458. The molecular formula is C14H19N3. The summed E-state index contributed by atoms with van der Waals surface area (Å²) in [6.45, 7) is 6.28. The lowest BCUT2D eigenvalue weighted by atomic mass is 10.1. The van der Waals surface area contributed by atoms with E-state index in [1.165, 1.54) is 0 Å². The molecule has 0 saturated carbocycles. The summed E-state index contributed by atoms with van der Waals surface area (Å²) in [7, 11) is 0. The molecule has 0 radical (unpaired) electrons. The molecule has 0 unspecified atom stereocenters. The highest BCUT2D eigenvalue weighted by atomic mass is 15.3. The first-order valence-electron chi connectivity index (χ1n) is 5.99. The molecule has 3 heteroatoms. The smallest absolute Gasteiger partial charge is 0.0654 e. The van der Waals surface area contributed by atoms with E-state index < -0.39 is 0 Å². The van der Waals surface area contributed by atoms with Gasteiger partial charge in [-0.2, -0.15) is 5.10 Å². The first kappa shape index (κ1) is 11.9. The van der Waals surface area contributed by atoms with Gasteiger partial charge in [-0.15, -0.1) is 0 Å².